The van der Waals surface area contributed by atoms with Crippen molar-refractivity contribution >= 4 is 69.7 Å². The number of aliphatic carboxylic acids is 1. The molecule has 2 aromatic heterocycles. The number of allylic oxidation sites excluding steroid dienone is 1. The van der Waals surface area contributed by atoms with Crippen molar-refractivity contribution in [3.05, 3.63) is 29.7 Å². The molecule has 4 heterocycles. The molecule has 17 nitrogen and oxygen atoms in total. The largest absolute Gasteiger partial charge is 0.477 e. The molecule has 20 heteroatoms. The maximum absolute atomic E-state index is 13.3. The van der Waals surface area contributed by atoms with E-state index < -0.39 is 52.6 Å². The number of carboxylic acid groups (broad SMARTS) is 1. The molecule has 0 bridgehead atoms. The van der Waals surface area contributed by atoms with Gasteiger partial charge in [-0.2, -0.15) is 9.36 Å². The van der Waals surface area contributed by atoms with Gasteiger partial charge in [0.1, 0.15) is 22.7 Å². The number of esters is 1. The maximum Gasteiger partial charge on any atom is 0.352 e. The molecule has 2 unspecified atom stereocenters. The van der Waals surface area contributed by atoms with E-state index in [4.69, 9.17) is 15.3 Å². The molecule has 4 rings (SSSR count). The van der Waals surface area contributed by atoms with Crippen LogP contribution in [-0.4, -0.2) is 104 Å². The predicted octanol–water partition coefficient (Wildman–Crippen LogP) is 0.275. The highest BCUT2D eigenvalue weighted by Crippen LogP contribution is 2.41. The number of amides is 2. The lowest BCUT2D eigenvalue weighted by Gasteiger charge is -2.49. The van der Waals surface area contributed by atoms with Gasteiger partial charge >= 0.3 is 11.9 Å². The van der Waals surface area contributed by atoms with Crippen molar-refractivity contribution in [3.63, 3.8) is 0 Å². The van der Waals surface area contributed by atoms with Crippen LogP contribution < -0.4 is 11.1 Å². The molecular weight excluding hydrogens is 625 g/mol. The third kappa shape index (κ3) is 7.31. The molecule has 2 aromatic rings. The Morgan fingerprint density at radius 1 is 1.37 bits per heavy atom. The fourth-order valence-electron chi connectivity index (χ4n) is 3.77. The number of nitrogens with zero attached hydrogens (tertiary/aromatic N) is 8. The van der Waals surface area contributed by atoms with Crippen LogP contribution in [0.4, 0.5) is 5.13 Å². The van der Waals surface area contributed by atoms with Gasteiger partial charge in [-0.3, -0.25) is 14.5 Å². The molecule has 1 fully saturated rings. The normalized spacial score (nSPS) is 19.3. The summed E-state index contributed by atoms with van der Waals surface area (Å²) in [6.07, 6.45) is 0.438. The van der Waals surface area contributed by atoms with Gasteiger partial charge in [0.25, 0.3) is 11.8 Å². The van der Waals surface area contributed by atoms with Gasteiger partial charge in [0.15, 0.2) is 5.13 Å². The molecule has 0 spiro atoms. The third-order valence-electron chi connectivity index (χ3n) is 5.62. The lowest BCUT2D eigenvalue weighted by atomic mass is 10.0. The smallest absolute Gasteiger partial charge is 0.352 e. The number of β-lactam (4-membered cyclic amide) rings is 1. The van der Waals surface area contributed by atoms with E-state index in [9.17, 15) is 24.3 Å². The number of aromatic nitrogens is 6. The van der Waals surface area contributed by atoms with Crippen molar-refractivity contribution in [2.24, 2.45) is 5.16 Å². The SMILES string of the molecule is C=CCn1nnnc1SCC1=C(C(=O)O)N2C(=O)C(NC(=O)/C(=N\OC(C)C(=O)OC(C)(C)C)c3nsc(N)n3)[C@H]2SC1. The van der Waals surface area contributed by atoms with Crippen LogP contribution in [0, 0.1) is 0 Å². The fraction of sp³-hybridized carbons (Fsp3) is 0.478. The lowest BCUT2D eigenvalue weighted by molar-refractivity contribution is -0.167. The van der Waals surface area contributed by atoms with Crippen molar-refractivity contribution in [3.8, 4) is 0 Å². The predicted molar refractivity (Wildman–Crippen MR) is 156 cm³/mol. The van der Waals surface area contributed by atoms with Crippen LogP contribution in [0.25, 0.3) is 0 Å². The van der Waals surface area contributed by atoms with Crippen molar-refractivity contribution < 1.29 is 33.9 Å². The molecule has 1 saturated heterocycles. The Morgan fingerprint density at radius 2 is 2.12 bits per heavy atom. The molecule has 43 heavy (non-hydrogen) atoms. The topological polar surface area (TPSA) is 230 Å². The van der Waals surface area contributed by atoms with E-state index in [0.717, 1.165) is 16.4 Å². The summed E-state index contributed by atoms with van der Waals surface area (Å²) in [6, 6.07) is -1.08. The van der Waals surface area contributed by atoms with E-state index in [2.05, 4.69) is 41.9 Å². The summed E-state index contributed by atoms with van der Waals surface area (Å²) in [5.41, 5.74) is 4.80. The molecule has 2 amide bonds. The van der Waals surface area contributed by atoms with E-state index >= 15 is 0 Å². The first-order valence-corrected chi connectivity index (χ1v) is 15.4. The number of nitrogens with one attached hydrogen (secondary N) is 1. The molecular formula is C23H28N10O7S3. The number of ether oxygens (including phenoxy) is 1. The van der Waals surface area contributed by atoms with E-state index in [0.29, 0.717) is 17.3 Å². The van der Waals surface area contributed by atoms with Gasteiger partial charge in [0, 0.05) is 23.0 Å². The molecule has 4 N–H and O–H groups in total. The number of nitrogens with two attached hydrogens (primary N) is 1. The van der Waals surface area contributed by atoms with Crippen LogP contribution in [0.15, 0.2) is 34.2 Å². The number of hydrogen-bond donors (Lipinski definition) is 3. The number of rotatable bonds is 12. The molecule has 0 saturated carbocycles. The van der Waals surface area contributed by atoms with E-state index in [1.165, 1.54) is 35.1 Å². The Bertz CT molecular complexity index is 1500. The quantitative estimate of drug-likeness (QED) is 0.0698. The van der Waals surface area contributed by atoms with Crippen molar-refractivity contribution in [2.45, 2.75) is 62.5 Å². The summed E-state index contributed by atoms with van der Waals surface area (Å²) in [5, 5.41) is 27.6. The van der Waals surface area contributed by atoms with E-state index in [-0.39, 0.29) is 28.2 Å². The van der Waals surface area contributed by atoms with Gasteiger partial charge in [0.05, 0.1) is 6.54 Å². The number of tetrazole rings is 1. The molecule has 2 aliphatic rings. The highest BCUT2D eigenvalue weighted by molar-refractivity contribution is 8.01. The number of anilines is 1. The first kappa shape index (κ1) is 31.9. The second kappa shape index (κ2) is 13.1. The summed E-state index contributed by atoms with van der Waals surface area (Å²) >= 11 is 3.32. The molecule has 230 valence electrons. The molecule has 0 aromatic carbocycles. The van der Waals surface area contributed by atoms with Crippen molar-refractivity contribution in [1.82, 2.24) is 39.8 Å². The zero-order chi connectivity index (χ0) is 31.5. The van der Waals surface area contributed by atoms with Crippen LogP contribution in [0.5, 0.6) is 0 Å². The summed E-state index contributed by atoms with van der Waals surface area (Å²) in [4.78, 5) is 61.3. The number of fused-ring (bicyclic) bond motifs is 1. The van der Waals surface area contributed by atoms with Gasteiger partial charge < -0.3 is 25.7 Å². The number of nitrogen functional groups attached to an aromatic ring is 1. The minimum absolute atomic E-state index is 0.0459. The average Bonchev–Trinajstić information content (AvgIpc) is 3.57. The third-order valence-corrected chi connectivity index (χ3v) is 8.55. The minimum Gasteiger partial charge on any atom is -0.477 e. The monoisotopic (exact) mass is 652 g/mol. The van der Waals surface area contributed by atoms with Crippen molar-refractivity contribution in [1.29, 1.82) is 0 Å². The Hall–Kier alpha value is -4.04. The number of hydrogen-bond acceptors (Lipinski definition) is 16. The first-order chi connectivity index (χ1) is 20.3. The zero-order valence-electron chi connectivity index (χ0n) is 23.4. The van der Waals surface area contributed by atoms with Gasteiger partial charge in [-0.15, -0.1) is 23.4 Å². The second-order valence-corrected chi connectivity index (χ2v) is 12.8. The van der Waals surface area contributed by atoms with Gasteiger partial charge in [-0.1, -0.05) is 23.0 Å². The summed E-state index contributed by atoms with van der Waals surface area (Å²) in [6.45, 7) is 10.5. The standard InChI is InChI=1S/C23H28N10O7S3/c1-6-7-32-22(27-30-31-32)42-9-11-8-41-18-13(17(35)33(18)14(11)19(36)37)25-16(34)12(15-26-21(24)43-29-15)28-40-10(2)20(38)39-23(3,4)5/h6,10,13,18H,1,7-9H2,2-5H3,(H,25,34)(H,36,37)(H2,24,26,29)/b28-12-/t10?,13?,18-/m1/s1. The summed E-state index contributed by atoms with van der Waals surface area (Å²) in [5.74, 6) is -3.19. The number of carbonyl (C=O) groups excluding carboxylic acids is 3. The molecule has 0 aliphatic carbocycles. The Kier molecular flexibility index (Phi) is 9.70. The van der Waals surface area contributed by atoms with Crippen LogP contribution in [-0.2, 0) is 35.3 Å². The molecule has 0 radical (unpaired) electrons. The van der Waals surface area contributed by atoms with Crippen LogP contribution in [0.3, 0.4) is 0 Å². The second-order valence-electron chi connectivity index (χ2n) is 10.0. The van der Waals surface area contributed by atoms with E-state index in [1.807, 2.05) is 0 Å². The average molecular weight is 653 g/mol. The maximum atomic E-state index is 13.3. The highest BCUT2D eigenvalue weighted by atomic mass is 32.2. The van der Waals surface area contributed by atoms with E-state index in [1.54, 1.807) is 26.8 Å². The molecule has 3 atom stereocenters. The number of thioether (sulfide) groups is 2. The van der Waals surface area contributed by atoms with Crippen molar-refractivity contribution in [2.75, 3.05) is 17.2 Å². The summed E-state index contributed by atoms with van der Waals surface area (Å²) in [7, 11) is 0. The van der Waals surface area contributed by atoms with Crippen LogP contribution >= 0.6 is 35.1 Å². The number of carboxylic acids is 1. The fourth-order valence-corrected chi connectivity index (χ4v) is 6.57. The van der Waals surface area contributed by atoms with Gasteiger partial charge in [-0.25, -0.2) is 14.3 Å². The van der Waals surface area contributed by atoms with Gasteiger partial charge in [0.2, 0.25) is 22.8 Å². The Labute approximate surface area is 257 Å². The zero-order valence-corrected chi connectivity index (χ0v) is 25.9. The number of carbonyl (C=O) groups is 4. The molecule has 2 aliphatic heterocycles. The minimum atomic E-state index is -1.28. The van der Waals surface area contributed by atoms with Crippen LogP contribution in [0.2, 0.25) is 0 Å². The Balaban J connectivity index is 1.48. The number of oxime groups is 1. The highest BCUT2D eigenvalue weighted by Gasteiger charge is 2.54. The Morgan fingerprint density at radius 3 is 2.74 bits per heavy atom. The van der Waals surface area contributed by atoms with Crippen LogP contribution in [0.1, 0.15) is 33.5 Å². The summed E-state index contributed by atoms with van der Waals surface area (Å²) < 4.78 is 10.8. The lowest BCUT2D eigenvalue weighted by Crippen LogP contribution is -2.71. The first-order valence-electron chi connectivity index (χ1n) is 12.6. The van der Waals surface area contributed by atoms with Gasteiger partial charge in [-0.05, 0) is 43.7 Å².